The minimum atomic E-state index is -4.73. The lowest BCUT2D eigenvalue weighted by atomic mass is 9.85. The van der Waals surface area contributed by atoms with Crippen LogP contribution in [-0.2, 0) is 6.18 Å². The van der Waals surface area contributed by atoms with E-state index in [1.807, 2.05) is 0 Å². The smallest absolute Gasteiger partial charge is 0.420 e. The Labute approximate surface area is 185 Å². The van der Waals surface area contributed by atoms with Crippen molar-refractivity contribution in [2.45, 2.75) is 50.7 Å². The molecular formula is C22H21F3N6O2. The summed E-state index contributed by atoms with van der Waals surface area (Å²) < 4.78 is 48.1. The van der Waals surface area contributed by atoms with Gasteiger partial charge >= 0.3 is 6.18 Å². The molecule has 2 unspecified atom stereocenters. The molecule has 5 rings (SSSR count). The highest BCUT2D eigenvalue weighted by Gasteiger charge is 2.38. The second-order valence-corrected chi connectivity index (χ2v) is 8.26. The van der Waals surface area contributed by atoms with Crippen LogP contribution in [0, 0.1) is 6.92 Å². The minimum Gasteiger partial charge on any atom is -0.420 e. The average molecular weight is 458 g/mol. The van der Waals surface area contributed by atoms with E-state index in [1.165, 1.54) is 19.1 Å². The van der Waals surface area contributed by atoms with Crippen molar-refractivity contribution in [3.8, 4) is 22.6 Å². The molecule has 0 spiro atoms. The number of aromatic amines is 1. The number of nitrogens with two attached hydrogens (primary N) is 1. The molecule has 1 fully saturated rings. The summed E-state index contributed by atoms with van der Waals surface area (Å²) in [7, 11) is 0. The normalized spacial score (nSPS) is 19.3. The molecule has 33 heavy (non-hydrogen) atoms. The van der Waals surface area contributed by atoms with E-state index >= 15 is 0 Å². The summed E-state index contributed by atoms with van der Waals surface area (Å²) in [5.41, 5.74) is 4.47. The predicted octanol–water partition coefficient (Wildman–Crippen LogP) is 4.05. The van der Waals surface area contributed by atoms with Crippen LogP contribution in [0.2, 0.25) is 0 Å². The largest absolute Gasteiger partial charge is 0.433 e. The number of benzene rings is 1. The van der Waals surface area contributed by atoms with Crippen molar-refractivity contribution in [3.05, 3.63) is 58.0 Å². The Balaban J connectivity index is 1.68. The first-order chi connectivity index (χ1) is 15.8. The quantitative estimate of drug-likeness (QED) is 0.479. The van der Waals surface area contributed by atoms with Crippen LogP contribution in [-0.4, -0.2) is 30.8 Å². The molecule has 172 valence electrons. The summed E-state index contributed by atoms with van der Waals surface area (Å²) >= 11 is 0. The maximum Gasteiger partial charge on any atom is 0.433 e. The SMILES string of the molecule is Cc1nc2c(-c3ccccc3)c(C(F)(F)F)[nH]n2c(=O)c1-c1nnc(C2CCCCC2N)o1. The third-order valence-corrected chi connectivity index (χ3v) is 6.10. The minimum absolute atomic E-state index is 0.0507. The van der Waals surface area contributed by atoms with E-state index in [0.717, 1.165) is 30.2 Å². The maximum atomic E-state index is 13.8. The fraction of sp³-hybridized carbons (Fsp3) is 0.364. The van der Waals surface area contributed by atoms with Gasteiger partial charge in [-0.1, -0.05) is 43.2 Å². The zero-order valence-electron chi connectivity index (χ0n) is 17.7. The van der Waals surface area contributed by atoms with Gasteiger partial charge in [0.15, 0.2) is 5.65 Å². The Bertz CT molecular complexity index is 1370. The number of alkyl halides is 3. The standard InChI is InChI=1S/C22H21F3N6O2/c1-11-15(20-29-28-19(33-20)13-9-5-6-10-14(13)26)21(32)31-18(27-11)16(12-7-3-2-4-8-12)17(30-31)22(23,24)25/h2-4,7-8,13-14,30H,5-6,9-10,26H2,1H3. The van der Waals surface area contributed by atoms with Crippen molar-refractivity contribution >= 4 is 5.65 Å². The van der Waals surface area contributed by atoms with Gasteiger partial charge in [0.1, 0.15) is 11.3 Å². The molecule has 0 amide bonds. The van der Waals surface area contributed by atoms with Gasteiger partial charge in [0, 0.05) is 6.04 Å². The Hall–Kier alpha value is -3.47. The molecule has 3 heterocycles. The third-order valence-electron chi connectivity index (χ3n) is 6.10. The van der Waals surface area contributed by atoms with Gasteiger partial charge in [0.25, 0.3) is 11.4 Å². The first-order valence-corrected chi connectivity index (χ1v) is 10.6. The fourth-order valence-corrected chi connectivity index (χ4v) is 4.46. The van der Waals surface area contributed by atoms with Gasteiger partial charge in [-0.2, -0.15) is 17.7 Å². The second-order valence-electron chi connectivity index (χ2n) is 8.26. The Morgan fingerprint density at radius 1 is 1.12 bits per heavy atom. The summed E-state index contributed by atoms with van der Waals surface area (Å²) in [6, 6.07) is 7.88. The molecule has 3 N–H and O–H groups in total. The van der Waals surface area contributed by atoms with E-state index in [2.05, 4.69) is 20.3 Å². The van der Waals surface area contributed by atoms with Gasteiger partial charge < -0.3 is 10.2 Å². The molecule has 1 aliphatic carbocycles. The second kappa shape index (κ2) is 7.84. The van der Waals surface area contributed by atoms with Crippen molar-refractivity contribution in [1.29, 1.82) is 0 Å². The van der Waals surface area contributed by atoms with E-state index in [9.17, 15) is 18.0 Å². The molecule has 1 aromatic carbocycles. The number of aromatic nitrogens is 5. The van der Waals surface area contributed by atoms with Crippen molar-refractivity contribution in [2.24, 2.45) is 5.73 Å². The van der Waals surface area contributed by atoms with Crippen LogP contribution in [0.5, 0.6) is 0 Å². The van der Waals surface area contributed by atoms with E-state index in [1.54, 1.807) is 18.2 Å². The van der Waals surface area contributed by atoms with Gasteiger partial charge in [0.05, 0.1) is 17.2 Å². The van der Waals surface area contributed by atoms with Crippen LogP contribution >= 0.6 is 0 Å². The number of aryl methyl sites for hydroxylation is 1. The third kappa shape index (κ3) is 3.62. The maximum absolute atomic E-state index is 13.8. The van der Waals surface area contributed by atoms with Crippen molar-refractivity contribution in [3.63, 3.8) is 0 Å². The summed E-state index contributed by atoms with van der Waals surface area (Å²) in [6.45, 7) is 1.53. The zero-order chi connectivity index (χ0) is 23.3. The number of rotatable bonds is 3. The van der Waals surface area contributed by atoms with Gasteiger partial charge in [-0.3, -0.25) is 9.89 Å². The zero-order valence-corrected chi connectivity index (χ0v) is 17.7. The number of halogens is 3. The number of nitrogens with zero attached hydrogens (tertiary/aromatic N) is 4. The van der Waals surface area contributed by atoms with Gasteiger partial charge in [0.2, 0.25) is 5.89 Å². The molecule has 0 bridgehead atoms. The number of fused-ring (bicyclic) bond motifs is 1. The number of hydrogen-bond donors (Lipinski definition) is 2. The molecule has 1 saturated carbocycles. The summed E-state index contributed by atoms with van der Waals surface area (Å²) in [5.74, 6) is 0.122. The molecule has 1 aliphatic rings. The molecule has 8 nitrogen and oxygen atoms in total. The summed E-state index contributed by atoms with van der Waals surface area (Å²) in [4.78, 5) is 17.6. The highest BCUT2D eigenvalue weighted by Crippen LogP contribution is 2.38. The lowest BCUT2D eigenvalue weighted by molar-refractivity contribution is -0.140. The first-order valence-electron chi connectivity index (χ1n) is 10.6. The van der Waals surface area contributed by atoms with Crippen LogP contribution < -0.4 is 11.3 Å². The lowest BCUT2D eigenvalue weighted by Gasteiger charge is -2.25. The Kier molecular flexibility index (Phi) is 5.08. The van der Waals surface area contributed by atoms with Crippen LogP contribution in [0.25, 0.3) is 28.2 Å². The van der Waals surface area contributed by atoms with Gasteiger partial charge in [-0.15, -0.1) is 10.2 Å². The fourth-order valence-electron chi connectivity index (χ4n) is 4.46. The van der Waals surface area contributed by atoms with Gasteiger partial charge in [-0.05, 0) is 25.3 Å². The van der Waals surface area contributed by atoms with Crippen LogP contribution in [0.3, 0.4) is 0 Å². The van der Waals surface area contributed by atoms with Crippen LogP contribution in [0.1, 0.15) is 48.9 Å². The lowest BCUT2D eigenvalue weighted by Crippen LogP contribution is -2.31. The summed E-state index contributed by atoms with van der Waals surface area (Å²) in [6.07, 6.45) is -1.09. The average Bonchev–Trinajstić information content (AvgIpc) is 3.40. The molecule has 0 saturated heterocycles. The van der Waals surface area contributed by atoms with Crippen molar-refractivity contribution in [2.75, 3.05) is 0 Å². The molecule has 4 aromatic rings. The van der Waals surface area contributed by atoms with Crippen molar-refractivity contribution in [1.82, 2.24) is 24.8 Å². The number of hydrogen-bond acceptors (Lipinski definition) is 6. The van der Waals surface area contributed by atoms with Crippen LogP contribution in [0.4, 0.5) is 13.2 Å². The highest BCUT2D eigenvalue weighted by molar-refractivity contribution is 5.81. The van der Waals surface area contributed by atoms with E-state index in [0.29, 0.717) is 5.89 Å². The van der Waals surface area contributed by atoms with Crippen LogP contribution in [0.15, 0.2) is 39.5 Å². The van der Waals surface area contributed by atoms with E-state index in [4.69, 9.17) is 10.2 Å². The monoisotopic (exact) mass is 458 g/mol. The Morgan fingerprint density at radius 3 is 2.55 bits per heavy atom. The predicted molar refractivity (Wildman–Crippen MR) is 113 cm³/mol. The van der Waals surface area contributed by atoms with Gasteiger partial charge in [-0.25, -0.2) is 4.98 Å². The molecule has 0 aliphatic heterocycles. The molecule has 0 radical (unpaired) electrons. The number of nitrogens with one attached hydrogen (secondary N) is 1. The molecule has 3 aromatic heterocycles. The van der Waals surface area contributed by atoms with E-state index in [-0.39, 0.29) is 45.9 Å². The molecule has 2 atom stereocenters. The first kappa shape index (κ1) is 21.4. The summed E-state index contributed by atoms with van der Waals surface area (Å²) in [5, 5.41) is 10.3. The van der Waals surface area contributed by atoms with E-state index < -0.39 is 17.4 Å². The topological polar surface area (TPSA) is 115 Å². The molecule has 11 heteroatoms. The molecular weight excluding hydrogens is 437 g/mol. The van der Waals surface area contributed by atoms with Crippen molar-refractivity contribution < 1.29 is 17.6 Å². The number of H-pyrrole nitrogens is 1. The Morgan fingerprint density at radius 2 is 1.85 bits per heavy atom. The highest BCUT2D eigenvalue weighted by atomic mass is 19.4.